The van der Waals surface area contributed by atoms with Crippen molar-refractivity contribution in [3.05, 3.63) is 40.5 Å². The van der Waals surface area contributed by atoms with Gasteiger partial charge >= 0.3 is 0 Å². The third-order valence-corrected chi connectivity index (χ3v) is 8.05. The van der Waals surface area contributed by atoms with Crippen molar-refractivity contribution >= 4 is 21.6 Å². The van der Waals surface area contributed by atoms with Crippen LogP contribution in [0.1, 0.15) is 44.4 Å². The molecule has 29 heavy (non-hydrogen) atoms. The van der Waals surface area contributed by atoms with Gasteiger partial charge in [0.2, 0.25) is 0 Å². The Hall–Kier alpha value is -0.700. The minimum atomic E-state index is -0.565. The van der Waals surface area contributed by atoms with E-state index < -0.39 is 11.6 Å². The first-order chi connectivity index (χ1) is 13.7. The summed E-state index contributed by atoms with van der Waals surface area (Å²) in [6, 6.07) is 4.44. The van der Waals surface area contributed by atoms with Gasteiger partial charge in [-0.3, -0.25) is 0 Å². The zero-order valence-corrected chi connectivity index (χ0v) is 19.7. The summed E-state index contributed by atoms with van der Waals surface area (Å²) in [4.78, 5) is 0. The molecule has 0 fully saturated rings. The minimum absolute atomic E-state index is 0.201. The largest absolute Gasteiger partial charge is 0.487 e. The highest BCUT2D eigenvalue weighted by Crippen LogP contribution is 2.41. The first-order valence-corrected chi connectivity index (χ1v) is 12.7. The fourth-order valence-corrected chi connectivity index (χ4v) is 5.79. The van der Waals surface area contributed by atoms with E-state index in [4.69, 9.17) is 4.74 Å². The van der Waals surface area contributed by atoms with Gasteiger partial charge in [-0.25, -0.2) is 0 Å². The topological polar surface area (TPSA) is 65.0 Å². The number of aliphatic hydroxyl groups excluding tert-OH is 1. The molecule has 162 valence electrons. The molecule has 0 saturated heterocycles. The number of benzene rings is 1. The number of rotatable bonds is 8. The molecule has 0 spiro atoms. The summed E-state index contributed by atoms with van der Waals surface area (Å²) in [5.74, 6) is 3.37. The third kappa shape index (κ3) is 5.71. The lowest BCUT2D eigenvalue weighted by atomic mass is 9.94. The summed E-state index contributed by atoms with van der Waals surface area (Å²) in [6.07, 6.45) is 2.09. The molecule has 1 aromatic rings. The highest BCUT2D eigenvalue weighted by molar-refractivity contribution is 8.76. The fourth-order valence-electron chi connectivity index (χ4n) is 3.57. The van der Waals surface area contributed by atoms with Crippen LogP contribution in [0.25, 0.3) is 0 Å². The van der Waals surface area contributed by atoms with Crippen molar-refractivity contribution in [3.8, 4) is 5.75 Å². The quantitative estimate of drug-likeness (QED) is 0.322. The van der Waals surface area contributed by atoms with Crippen molar-refractivity contribution in [2.45, 2.75) is 63.4 Å². The first kappa shape index (κ1) is 23.0. The van der Waals surface area contributed by atoms with Crippen LogP contribution in [0.5, 0.6) is 5.75 Å². The molecule has 3 rings (SSSR count). The van der Waals surface area contributed by atoms with Crippen LogP contribution in [0.3, 0.4) is 0 Å². The van der Waals surface area contributed by atoms with E-state index in [9.17, 15) is 10.3 Å². The van der Waals surface area contributed by atoms with Crippen LogP contribution in [0.4, 0.5) is 0 Å². The van der Waals surface area contributed by atoms with Crippen molar-refractivity contribution in [1.29, 1.82) is 0 Å². The Bertz CT molecular complexity index is 715. The van der Waals surface area contributed by atoms with Gasteiger partial charge in [-0.05, 0) is 42.5 Å². The molecule has 2 heterocycles. The molecule has 7 heteroatoms. The number of fused-ring (bicyclic) bond motifs is 2. The van der Waals surface area contributed by atoms with E-state index in [1.807, 2.05) is 35.4 Å². The van der Waals surface area contributed by atoms with Crippen LogP contribution in [0.15, 0.2) is 23.8 Å². The summed E-state index contributed by atoms with van der Waals surface area (Å²) in [7, 11) is 5.46. The predicted molar refractivity (Wildman–Crippen MR) is 123 cm³/mol. The molecule has 2 aliphatic heterocycles. The van der Waals surface area contributed by atoms with Crippen molar-refractivity contribution in [1.82, 2.24) is 10.4 Å². The van der Waals surface area contributed by atoms with Crippen LogP contribution in [0.2, 0.25) is 0 Å². The van der Waals surface area contributed by atoms with Crippen molar-refractivity contribution in [2.75, 3.05) is 20.1 Å². The van der Waals surface area contributed by atoms with E-state index in [-0.39, 0.29) is 6.10 Å². The first-order valence-electron chi connectivity index (χ1n) is 10.3. The maximum Gasteiger partial charge on any atom is 0.130 e. The number of hydrogen-bond donors (Lipinski definition) is 3. The number of ether oxygens (including phenoxy) is 1. The standard InChI is InChI=1S/C22H34N2O3S2/c1-14(2)18(9-22(3,4)24(5)26)10-23-11-19(25)21-7-15-6-16-12-28-29-13-17(16)8-20(15)27-21/h6,8-9,14,19,21,23,25-26H,7,10-13H2,1-5H3/b18-9-. The van der Waals surface area contributed by atoms with Crippen LogP contribution in [0, 0.1) is 5.92 Å². The van der Waals surface area contributed by atoms with Gasteiger partial charge in [0, 0.05) is 38.1 Å². The lowest BCUT2D eigenvalue weighted by molar-refractivity contribution is -0.121. The third-order valence-electron chi connectivity index (χ3n) is 5.82. The number of hydrogen-bond acceptors (Lipinski definition) is 7. The lowest BCUT2D eigenvalue weighted by Gasteiger charge is -2.29. The summed E-state index contributed by atoms with van der Waals surface area (Å²) in [5.41, 5.74) is 4.76. The van der Waals surface area contributed by atoms with Crippen molar-refractivity contribution < 1.29 is 15.1 Å². The summed E-state index contributed by atoms with van der Waals surface area (Å²) in [5, 5.41) is 25.1. The Balaban J connectivity index is 1.55. The number of aliphatic hydroxyl groups is 1. The van der Waals surface area contributed by atoms with Gasteiger partial charge in [-0.2, -0.15) is 5.06 Å². The van der Waals surface area contributed by atoms with Crippen LogP contribution in [-0.4, -0.2) is 53.3 Å². The molecule has 0 radical (unpaired) electrons. The number of nitrogens with zero attached hydrogens (tertiary/aromatic N) is 1. The number of hydroxylamine groups is 2. The molecule has 3 N–H and O–H groups in total. The lowest BCUT2D eigenvalue weighted by Crippen LogP contribution is -2.40. The zero-order chi connectivity index (χ0) is 21.2. The second kappa shape index (κ2) is 9.62. The number of likely N-dealkylation sites (N-methyl/N-ethyl adjacent to an activating group) is 1. The SMILES string of the molecule is CC(C)/C(=C\C(C)(C)N(C)O)CNCC(O)C1Cc2cc3c(cc2O1)CSSC3. The van der Waals surface area contributed by atoms with Gasteiger partial charge in [0.15, 0.2) is 0 Å². The highest BCUT2D eigenvalue weighted by Gasteiger charge is 2.30. The molecule has 2 atom stereocenters. The predicted octanol–water partition coefficient (Wildman–Crippen LogP) is 4.02. The van der Waals surface area contributed by atoms with Crippen LogP contribution < -0.4 is 10.1 Å². The summed E-state index contributed by atoms with van der Waals surface area (Å²) in [6.45, 7) is 9.39. The molecule has 5 nitrogen and oxygen atoms in total. The maximum atomic E-state index is 10.7. The van der Waals surface area contributed by atoms with E-state index >= 15 is 0 Å². The maximum absolute atomic E-state index is 10.7. The van der Waals surface area contributed by atoms with Crippen molar-refractivity contribution in [2.24, 2.45) is 5.92 Å². The second-order valence-electron chi connectivity index (χ2n) is 8.86. The molecule has 0 aromatic heterocycles. The van der Waals surface area contributed by atoms with Gasteiger partial charge in [-0.1, -0.05) is 53.2 Å². The van der Waals surface area contributed by atoms with Gasteiger partial charge in [-0.15, -0.1) is 0 Å². The fraction of sp³-hybridized carbons (Fsp3) is 0.636. The Morgan fingerprint density at radius 3 is 2.55 bits per heavy atom. The van der Waals surface area contributed by atoms with Gasteiger partial charge in [0.25, 0.3) is 0 Å². The highest BCUT2D eigenvalue weighted by atomic mass is 33.1. The summed E-state index contributed by atoms with van der Waals surface area (Å²) < 4.78 is 6.09. The molecular weight excluding hydrogens is 404 g/mol. The van der Waals surface area contributed by atoms with E-state index in [0.29, 0.717) is 19.0 Å². The normalized spacial score (nSPS) is 20.6. The Kier molecular flexibility index (Phi) is 7.62. The van der Waals surface area contributed by atoms with Crippen molar-refractivity contribution in [3.63, 3.8) is 0 Å². The Labute approximate surface area is 182 Å². The number of nitrogens with one attached hydrogen (secondary N) is 1. The monoisotopic (exact) mass is 438 g/mol. The zero-order valence-electron chi connectivity index (χ0n) is 18.1. The van der Waals surface area contributed by atoms with E-state index in [2.05, 4.69) is 37.4 Å². The van der Waals surface area contributed by atoms with Gasteiger partial charge in [0.1, 0.15) is 18.0 Å². The van der Waals surface area contributed by atoms with Gasteiger partial charge in [0.05, 0.1) is 5.54 Å². The smallest absolute Gasteiger partial charge is 0.130 e. The van der Waals surface area contributed by atoms with E-state index in [1.54, 1.807) is 7.05 Å². The average molecular weight is 439 g/mol. The Morgan fingerprint density at radius 1 is 1.28 bits per heavy atom. The molecule has 2 aliphatic rings. The minimum Gasteiger partial charge on any atom is -0.487 e. The van der Waals surface area contributed by atoms with Crippen LogP contribution >= 0.6 is 21.6 Å². The molecular formula is C22H34N2O3S2. The molecule has 0 bridgehead atoms. The Morgan fingerprint density at radius 2 is 1.93 bits per heavy atom. The molecule has 0 amide bonds. The summed E-state index contributed by atoms with van der Waals surface area (Å²) >= 11 is 0. The van der Waals surface area contributed by atoms with E-state index in [0.717, 1.165) is 23.7 Å². The van der Waals surface area contributed by atoms with Gasteiger partial charge < -0.3 is 20.4 Å². The second-order valence-corrected chi connectivity index (χ2v) is 11.3. The molecule has 0 aliphatic carbocycles. The average Bonchev–Trinajstić information content (AvgIpc) is 3.07. The molecule has 1 aromatic carbocycles. The molecule has 0 saturated carbocycles. The van der Waals surface area contributed by atoms with E-state index in [1.165, 1.54) is 27.3 Å². The molecule has 2 unspecified atom stereocenters. The van der Waals surface area contributed by atoms with Crippen LogP contribution in [-0.2, 0) is 17.9 Å².